The molecule has 0 aliphatic carbocycles. The fourth-order valence-electron chi connectivity index (χ4n) is 2.56. The summed E-state index contributed by atoms with van der Waals surface area (Å²) < 4.78 is 0. The fourth-order valence-corrected chi connectivity index (χ4v) is 2.56. The summed E-state index contributed by atoms with van der Waals surface area (Å²) in [5.41, 5.74) is 4.51. The molecule has 0 unspecified atom stereocenters. The van der Waals surface area contributed by atoms with Crippen LogP contribution in [0.15, 0.2) is 29.8 Å². The first-order valence-corrected chi connectivity index (χ1v) is 5.40. The molecule has 1 amide bonds. The highest BCUT2D eigenvalue weighted by Crippen LogP contribution is 2.38. The van der Waals surface area contributed by atoms with Crippen LogP contribution in [0.3, 0.4) is 0 Å². The lowest BCUT2D eigenvalue weighted by atomic mass is 10.0. The molecule has 0 spiro atoms. The number of carbonyl (C=O) groups excluding carboxylic acids is 1. The minimum absolute atomic E-state index is 0.180. The summed E-state index contributed by atoms with van der Waals surface area (Å²) in [7, 11) is 0. The second kappa shape index (κ2) is 2.96. The second-order valence-corrected chi connectivity index (χ2v) is 4.23. The van der Waals surface area contributed by atoms with Gasteiger partial charge in [-0.3, -0.25) is 4.79 Å². The van der Waals surface area contributed by atoms with Crippen LogP contribution in [0.5, 0.6) is 0 Å². The zero-order valence-corrected chi connectivity index (χ0v) is 8.79. The molecule has 0 fully saturated rings. The van der Waals surface area contributed by atoms with Crippen LogP contribution in [0.4, 0.5) is 0 Å². The molecule has 0 saturated heterocycles. The summed E-state index contributed by atoms with van der Waals surface area (Å²) in [5, 5.41) is 0. The number of hydrogen-bond acceptors (Lipinski definition) is 1. The number of hydrogen-bond donors (Lipinski definition) is 0. The van der Waals surface area contributed by atoms with Crippen LogP contribution < -0.4 is 0 Å². The molecule has 76 valence electrons. The van der Waals surface area contributed by atoms with E-state index in [1.807, 2.05) is 23.1 Å². The van der Waals surface area contributed by atoms with Gasteiger partial charge in [0.2, 0.25) is 0 Å². The van der Waals surface area contributed by atoms with Crippen LogP contribution in [0.1, 0.15) is 35.7 Å². The molecule has 0 N–H and O–H groups in total. The van der Waals surface area contributed by atoms with Crippen molar-refractivity contribution in [3.63, 3.8) is 0 Å². The highest BCUT2D eigenvalue weighted by atomic mass is 16.2. The summed E-state index contributed by atoms with van der Waals surface area (Å²) in [4.78, 5) is 14.0. The Kier molecular flexibility index (Phi) is 1.72. The largest absolute Gasteiger partial charge is 0.308 e. The Morgan fingerprint density at radius 3 is 2.73 bits per heavy atom. The topological polar surface area (TPSA) is 20.3 Å². The number of benzene rings is 1. The molecule has 2 heterocycles. The van der Waals surface area contributed by atoms with Crippen molar-refractivity contribution in [1.82, 2.24) is 4.90 Å². The van der Waals surface area contributed by atoms with Crippen molar-refractivity contribution >= 4 is 11.6 Å². The molecule has 2 heteroatoms. The molecule has 0 atom stereocenters. The van der Waals surface area contributed by atoms with Crippen LogP contribution in [-0.4, -0.2) is 17.4 Å². The molecule has 1 aromatic carbocycles. The average molecular weight is 199 g/mol. The monoisotopic (exact) mass is 199 g/mol. The van der Waals surface area contributed by atoms with Gasteiger partial charge >= 0.3 is 0 Å². The molecule has 0 radical (unpaired) electrons. The van der Waals surface area contributed by atoms with E-state index in [0.29, 0.717) is 0 Å². The molecule has 0 aromatic heterocycles. The van der Waals surface area contributed by atoms with Gasteiger partial charge < -0.3 is 4.90 Å². The summed E-state index contributed by atoms with van der Waals surface area (Å²) >= 11 is 0. The molecule has 2 aliphatic heterocycles. The van der Waals surface area contributed by atoms with E-state index in [1.54, 1.807) is 0 Å². The van der Waals surface area contributed by atoms with Crippen LogP contribution in [0.25, 0.3) is 5.70 Å². The van der Waals surface area contributed by atoms with Gasteiger partial charge in [-0.05, 0) is 31.4 Å². The Balaban J connectivity index is 2.27. The smallest absolute Gasteiger partial charge is 0.258 e. The van der Waals surface area contributed by atoms with Crippen LogP contribution in [0.2, 0.25) is 0 Å². The zero-order valence-electron chi connectivity index (χ0n) is 8.79. The molecule has 3 rings (SSSR count). The third-order valence-electron chi connectivity index (χ3n) is 3.27. The first-order chi connectivity index (χ1) is 7.29. The Hall–Kier alpha value is -1.57. The summed E-state index contributed by atoms with van der Waals surface area (Å²) in [6, 6.07) is 7.92. The molecule has 0 bridgehead atoms. The zero-order chi connectivity index (χ0) is 10.4. The maximum atomic E-state index is 12.1. The van der Waals surface area contributed by atoms with Gasteiger partial charge in [0.05, 0.1) is 5.70 Å². The van der Waals surface area contributed by atoms with Crippen molar-refractivity contribution in [3.05, 3.63) is 41.0 Å². The number of nitrogens with zero attached hydrogens (tertiary/aromatic N) is 1. The van der Waals surface area contributed by atoms with E-state index in [9.17, 15) is 4.79 Å². The van der Waals surface area contributed by atoms with Crippen molar-refractivity contribution in [2.24, 2.45) is 0 Å². The Morgan fingerprint density at radius 2 is 1.93 bits per heavy atom. The van der Waals surface area contributed by atoms with E-state index in [2.05, 4.69) is 13.0 Å². The van der Waals surface area contributed by atoms with Crippen LogP contribution in [-0.2, 0) is 0 Å². The molecule has 2 nitrogen and oxygen atoms in total. The van der Waals surface area contributed by atoms with E-state index in [-0.39, 0.29) is 5.91 Å². The summed E-state index contributed by atoms with van der Waals surface area (Å²) in [6.07, 6.45) is 2.21. The van der Waals surface area contributed by atoms with Gasteiger partial charge in [-0.25, -0.2) is 0 Å². The molecule has 0 saturated carbocycles. The molecular formula is C13H13NO. The first-order valence-electron chi connectivity index (χ1n) is 5.40. The SMILES string of the molecule is CC1=C2c3ccccc3C(=O)N2CCC1. The van der Waals surface area contributed by atoms with Crippen molar-refractivity contribution < 1.29 is 4.79 Å². The van der Waals surface area contributed by atoms with E-state index in [0.717, 1.165) is 30.5 Å². The van der Waals surface area contributed by atoms with Gasteiger partial charge in [-0.1, -0.05) is 18.2 Å². The minimum atomic E-state index is 0.180. The van der Waals surface area contributed by atoms with Crippen LogP contribution in [0, 0.1) is 0 Å². The number of fused-ring (bicyclic) bond motifs is 3. The van der Waals surface area contributed by atoms with Gasteiger partial charge in [0.25, 0.3) is 5.91 Å². The third kappa shape index (κ3) is 1.08. The van der Waals surface area contributed by atoms with Gasteiger partial charge in [0.1, 0.15) is 0 Å². The molecular weight excluding hydrogens is 186 g/mol. The number of rotatable bonds is 0. The number of allylic oxidation sites excluding steroid dienone is 1. The van der Waals surface area contributed by atoms with Crippen molar-refractivity contribution in [3.8, 4) is 0 Å². The Bertz CT molecular complexity index is 473. The Labute approximate surface area is 89.2 Å². The highest BCUT2D eigenvalue weighted by molar-refractivity contribution is 6.09. The van der Waals surface area contributed by atoms with E-state index in [4.69, 9.17) is 0 Å². The fraction of sp³-hybridized carbons (Fsp3) is 0.308. The first kappa shape index (κ1) is 8.72. The van der Waals surface area contributed by atoms with Crippen molar-refractivity contribution in [2.45, 2.75) is 19.8 Å². The van der Waals surface area contributed by atoms with Gasteiger partial charge in [0, 0.05) is 17.7 Å². The quantitative estimate of drug-likeness (QED) is 0.629. The Morgan fingerprint density at radius 1 is 1.20 bits per heavy atom. The predicted octanol–water partition coefficient (Wildman–Crippen LogP) is 2.67. The summed E-state index contributed by atoms with van der Waals surface area (Å²) in [5.74, 6) is 0.180. The van der Waals surface area contributed by atoms with Gasteiger partial charge in [-0.15, -0.1) is 0 Å². The standard InChI is InChI=1S/C13H13NO/c1-9-5-4-8-14-12(9)10-6-2-3-7-11(10)13(14)15/h2-3,6-7H,4-5,8H2,1H3. The van der Waals surface area contributed by atoms with Crippen molar-refractivity contribution in [2.75, 3.05) is 6.54 Å². The lowest BCUT2D eigenvalue weighted by molar-refractivity contribution is 0.0844. The number of carbonyl (C=O) groups is 1. The van der Waals surface area contributed by atoms with E-state index >= 15 is 0 Å². The third-order valence-corrected chi connectivity index (χ3v) is 3.27. The van der Waals surface area contributed by atoms with E-state index in [1.165, 1.54) is 11.3 Å². The maximum Gasteiger partial charge on any atom is 0.258 e. The summed E-state index contributed by atoms with van der Waals surface area (Å²) in [6.45, 7) is 3.01. The van der Waals surface area contributed by atoms with E-state index < -0.39 is 0 Å². The lowest BCUT2D eigenvalue weighted by Gasteiger charge is -2.25. The van der Waals surface area contributed by atoms with Gasteiger partial charge in [0.15, 0.2) is 0 Å². The van der Waals surface area contributed by atoms with Gasteiger partial charge in [-0.2, -0.15) is 0 Å². The number of amides is 1. The maximum absolute atomic E-state index is 12.1. The highest BCUT2D eigenvalue weighted by Gasteiger charge is 2.34. The average Bonchev–Trinajstić information content (AvgIpc) is 2.55. The minimum Gasteiger partial charge on any atom is -0.308 e. The molecule has 1 aromatic rings. The predicted molar refractivity (Wildman–Crippen MR) is 59.3 cm³/mol. The van der Waals surface area contributed by atoms with Crippen molar-refractivity contribution in [1.29, 1.82) is 0 Å². The lowest BCUT2D eigenvalue weighted by Crippen LogP contribution is -2.27. The van der Waals surface area contributed by atoms with Crippen LogP contribution >= 0.6 is 0 Å². The normalized spacial score (nSPS) is 19.3. The second-order valence-electron chi connectivity index (χ2n) is 4.23. The molecule has 2 aliphatic rings. The molecule has 15 heavy (non-hydrogen) atoms.